The van der Waals surface area contributed by atoms with Gasteiger partial charge in [0.2, 0.25) is 0 Å². The molecule has 1 fully saturated rings. The highest BCUT2D eigenvalue weighted by Crippen LogP contribution is 2.53. The van der Waals surface area contributed by atoms with Crippen LogP contribution in [0.2, 0.25) is 0 Å². The van der Waals surface area contributed by atoms with Crippen molar-refractivity contribution in [2.75, 3.05) is 5.32 Å². The highest BCUT2D eigenvalue weighted by molar-refractivity contribution is 6.04. The summed E-state index contributed by atoms with van der Waals surface area (Å²) in [5, 5.41) is 3.02. The van der Waals surface area contributed by atoms with Crippen LogP contribution in [0.1, 0.15) is 41.6 Å². The zero-order valence-corrected chi connectivity index (χ0v) is 12.2. The first-order valence-corrected chi connectivity index (χ1v) is 7.38. The summed E-state index contributed by atoms with van der Waals surface area (Å²) in [5.74, 6) is 0.262. The Hall–Kier alpha value is -2.13. The summed E-state index contributed by atoms with van der Waals surface area (Å²) in [4.78, 5) is 12.3. The van der Waals surface area contributed by atoms with Crippen molar-refractivity contribution in [1.29, 1.82) is 0 Å². The Morgan fingerprint density at radius 1 is 1.19 bits per heavy atom. The van der Waals surface area contributed by atoms with Crippen LogP contribution in [0.4, 0.5) is 5.69 Å². The lowest BCUT2D eigenvalue weighted by atomic mass is 10.0. The number of carbonyl (C=O) groups is 1. The maximum atomic E-state index is 12.3. The van der Waals surface area contributed by atoms with Gasteiger partial charge < -0.3 is 11.1 Å². The summed E-state index contributed by atoms with van der Waals surface area (Å²) in [6.07, 6.45) is 1.94. The molecule has 1 saturated carbocycles. The van der Waals surface area contributed by atoms with Gasteiger partial charge in [0.1, 0.15) is 0 Å². The molecule has 1 aliphatic rings. The number of hydrogen-bond acceptors (Lipinski definition) is 2. The molecule has 3 rings (SSSR count). The number of rotatable bonds is 4. The van der Waals surface area contributed by atoms with E-state index in [1.54, 1.807) is 0 Å². The van der Waals surface area contributed by atoms with Crippen molar-refractivity contribution in [2.24, 2.45) is 5.73 Å². The van der Waals surface area contributed by atoms with E-state index < -0.39 is 0 Å². The van der Waals surface area contributed by atoms with E-state index in [1.165, 1.54) is 0 Å². The SMILES string of the molecule is CCC1(N)CC1c1ccccc1NC(=O)c1ccccc1. The molecular weight excluding hydrogens is 260 g/mol. The van der Waals surface area contributed by atoms with Crippen molar-refractivity contribution in [2.45, 2.75) is 31.2 Å². The average molecular weight is 280 g/mol. The van der Waals surface area contributed by atoms with E-state index in [9.17, 15) is 4.79 Å². The van der Waals surface area contributed by atoms with E-state index in [0.29, 0.717) is 11.5 Å². The number of amides is 1. The molecule has 2 aromatic carbocycles. The van der Waals surface area contributed by atoms with Crippen molar-refractivity contribution in [3.8, 4) is 0 Å². The minimum absolute atomic E-state index is 0.0807. The number of para-hydroxylation sites is 1. The molecule has 21 heavy (non-hydrogen) atoms. The second-order valence-corrected chi connectivity index (χ2v) is 5.75. The molecule has 3 heteroatoms. The minimum Gasteiger partial charge on any atom is -0.325 e. The Kier molecular flexibility index (Phi) is 3.52. The molecule has 2 atom stereocenters. The van der Waals surface area contributed by atoms with Gasteiger partial charge in [-0.3, -0.25) is 4.79 Å². The number of carbonyl (C=O) groups excluding carboxylic acids is 1. The highest BCUT2D eigenvalue weighted by atomic mass is 16.1. The van der Waals surface area contributed by atoms with Gasteiger partial charge in [-0.2, -0.15) is 0 Å². The summed E-state index contributed by atoms with van der Waals surface area (Å²) in [7, 11) is 0. The number of nitrogens with one attached hydrogen (secondary N) is 1. The first-order chi connectivity index (χ1) is 10.1. The van der Waals surface area contributed by atoms with E-state index in [2.05, 4.69) is 18.3 Å². The molecule has 0 spiro atoms. The predicted molar refractivity (Wildman–Crippen MR) is 85.4 cm³/mol. The molecule has 108 valence electrons. The largest absolute Gasteiger partial charge is 0.325 e. The monoisotopic (exact) mass is 280 g/mol. The summed E-state index contributed by atoms with van der Waals surface area (Å²) < 4.78 is 0. The maximum Gasteiger partial charge on any atom is 0.255 e. The molecule has 0 heterocycles. The molecule has 0 radical (unpaired) electrons. The molecule has 0 bridgehead atoms. The topological polar surface area (TPSA) is 55.1 Å². The van der Waals surface area contributed by atoms with Gasteiger partial charge in [0.05, 0.1) is 0 Å². The second-order valence-electron chi connectivity index (χ2n) is 5.75. The summed E-state index contributed by atoms with van der Waals surface area (Å²) in [5.41, 5.74) is 8.90. The Labute approximate surface area is 125 Å². The van der Waals surface area contributed by atoms with Gasteiger partial charge in [-0.05, 0) is 36.6 Å². The molecular formula is C18H20N2O. The van der Waals surface area contributed by atoms with Crippen LogP contribution in [0.3, 0.4) is 0 Å². The Bertz CT molecular complexity index is 653. The van der Waals surface area contributed by atoms with E-state index in [1.807, 2.05) is 48.5 Å². The van der Waals surface area contributed by atoms with Crippen molar-refractivity contribution >= 4 is 11.6 Å². The van der Waals surface area contributed by atoms with Gasteiger partial charge in [0.15, 0.2) is 0 Å². The zero-order chi connectivity index (χ0) is 14.9. The molecule has 1 aliphatic carbocycles. The Morgan fingerprint density at radius 3 is 2.52 bits per heavy atom. The van der Waals surface area contributed by atoms with Crippen LogP contribution in [-0.4, -0.2) is 11.4 Å². The third-order valence-electron chi connectivity index (χ3n) is 4.40. The van der Waals surface area contributed by atoms with Crippen molar-refractivity contribution < 1.29 is 4.79 Å². The van der Waals surface area contributed by atoms with Gasteiger partial charge in [-0.15, -0.1) is 0 Å². The second kappa shape index (κ2) is 5.34. The Morgan fingerprint density at radius 2 is 1.86 bits per heavy atom. The fourth-order valence-corrected chi connectivity index (χ4v) is 2.83. The number of nitrogens with two attached hydrogens (primary N) is 1. The smallest absolute Gasteiger partial charge is 0.255 e. The van der Waals surface area contributed by atoms with Gasteiger partial charge in [-0.1, -0.05) is 43.3 Å². The fourth-order valence-electron chi connectivity index (χ4n) is 2.83. The van der Waals surface area contributed by atoms with Crippen LogP contribution in [-0.2, 0) is 0 Å². The van der Waals surface area contributed by atoms with E-state index in [0.717, 1.165) is 24.1 Å². The highest BCUT2D eigenvalue weighted by Gasteiger charge is 2.50. The third-order valence-corrected chi connectivity index (χ3v) is 4.40. The normalized spacial score (nSPS) is 23.6. The number of anilines is 1. The van der Waals surface area contributed by atoms with Crippen LogP contribution in [0.25, 0.3) is 0 Å². The summed E-state index contributed by atoms with van der Waals surface area (Å²) in [6.45, 7) is 2.12. The van der Waals surface area contributed by atoms with E-state index in [-0.39, 0.29) is 11.4 Å². The van der Waals surface area contributed by atoms with Crippen LogP contribution in [0.15, 0.2) is 54.6 Å². The lowest BCUT2D eigenvalue weighted by Crippen LogP contribution is -2.23. The van der Waals surface area contributed by atoms with Crippen LogP contribution >= 0.6 is 0 Å². The standard InChI is InChI=1S/C18H20N2O/c1-2-18(19)12-15(18)14-10-6-7-11-16(14)20-17(21)13-8-4-3-5-9-13/h3-11,15H,2,12,19H2,1H3,(H,20,21). The molecule has 3 nitrogen and oxygen atoms in total. The van der Waals surface area contributed by atoms with E-state index >= 15 is 0 Å². The molecule has 3 N–H and O–H groups in total. The van der Waals surface area contributed by atoms with Gasteiger partial charge in [0, 0.05) is 22.7 Å². The predicted octanol–water partition coefficient (Wildman–Crippen LogP) is 3.53. The minimum atomic E-state index is -0.104. The van der Waals surface area contributed by atoms with Crippen molar-refractivity contribution in [3.63, 3.8) is 0 Å². The van der Waals surface area contributed by atoms with E-state index in [4.69, 9.17) is 5.73 Å². The average Bonchev–Trinajstić information content (AvgIpc) is 3.21. The zero-order valence-electron chi connectivity index (χ0n) is 12.2. The molecule has 2 unspecified atom stereocenters. The number of benzene rings is 2. The summed E-state index contributed by atoms with van der Waals surface area (Å²) in [6, 6.07) is 17.2. The van der Waals surface area contributed by atoms with Gasteiger partial charge >= 0.3 is 0 Å². The van der Waals surface area contributed by atoms with Crippen LogP contribution in [0.5, 0.6) is 0 Å². The maximum absolute atomic E-state index is 12.3. The lowest BCUT2D eigenvalue weighted by Gasteiger charge is -2.13. The Balaban J connectivity index is 1.82. The summed E-state index contributed by atoms with van der Waals surface area (Å²) >= 11 is 0. The van der Waals surface area contributed by atoms with Crippen LogP contribution < -0.4 is 11.1 Å². The molecule has 2 aromatic rings. The molecule has 0 aliphatic heterocycles. The first-order valence-electron chi connectivity index (χ1n) is 7.38. The quantitative estimate of drug-likeness (QED) is 0.900. The van der Waals surface area contributed by atoms with Crippen molar-refractivity contribution in [3.05, 3.63) is 65.7 Å². The lowest BCUT2D eigenvalue weighted by molar-refractivity contribution is 0.102. The third kappa shape index (κ3) is 2.69. The fraction of sp³-hybridized carbons (Fsp3) is 0.278. The van der Waals surface area contributed by atoms with Crippen LogP contribution in [0, 0.1) is 0 Å². The number of hydrogen-bond donors (Lipinski definition) is 2. The first kappa shape index (κ1) is 13.8. The van der Waals surface area contributed by atoms with Gasteiger partial charge in [0.25, 0.3) is 5.91 Å². The molecule has 0 aromatic heterocycles. The molecule has 1 amide bonds. The van der Waals surface area contributed by atoms with Gasteiger partial charge in [-0.25, -0.2) is 0 Å². The van der Waals surface area contributed by atoms with Crippen molar-refractivity contribution in [1.82, 2.24) is 0 Å². The molecule has 0 saturated heterocycles.